The molecule has 0 aliphatic rings. The van der Waals surface area contributed by atoms with Crippen LogP contribution in [0.15, 0.2) is 53.0 Å². The number of hydrogen-bond acceptors (Lipinski definition) is 6. The molecule has 0 saturated heterocycles. The van der Waals surface area contributed by atoms with E-state index in [1.807, 2.05) is 24.3 Å². The summed E-state index contributed by atoms with van der Waals surface area (Å²) in [5.41, 5.74) is 0.0991. The topological polar surface area (TPSA) is 78.7 Å². The normalized spacial score (nSPS) is 14.7. The summed E-state index contributed by atoms with van der Waals surface area (Å²) in [6.45, 7) is 2.00. The van der Waals surface area contributed by atoms with Crippen LogP contribution in [-0.4, -0.2) is 18.6 Å². The summed E-state index contributed by atoms with van der Waals surface area (Å²) in [6.07, 6.45) is 0.290. The largest absolute Gasteiger partial charge is 0.339 e. The van der Waals surface area contributed by atoms with Gasteiger partial charge in [-0.1, -0.05) is 30.3 Å². The van der Waals surface area contributed by atoms with Crippen molar-refractivity contribution < 1.29 is 18.5 Å². The molecule has 28 heavy (non-hydrogen) atoms. The standard InChI is InChI=1S/C19H19BrNO5PS/c1-3-26-27(24,25-2)16(12-13-7-6-8-14(11-13)21(22)23)19-18(20)15-9-4-5-10-17(15)28-19/h4-11,16H,3,12H2,1-2H3. The zero-order valence-corrected chi connectivity index (χ0v) is 18.6. The lowest BCUT2D eigenvalue weighted by molar-refractivity contribution is -0.384. The molecular formula is C19H19BrNO5PS. The highest BCUT2D eigenvalue weighted by molar-refractivity contribution is 9.10. The van der Waals surface area contributed by atoms with E-state index in [4.69, 9.17) is 9.05 Å². The Labute approximate surface area is 175 Å². The van der Waals surface area contributed by atoms with Crippen LogP contribution in [0.1, 0.15) is 23.0 Å². The van der Waals surface area contributed by atoms with Crippen molar-refractivity contribution in [2.24, 2.45) is 0 Å². The first-order valence-electron chi connectivity index (χ1n) is 8.60. The van der Waals surface area contributed by atoms with E-state index in [-0.39, 0.29) is 18.7 Å². The van der Waals surface area contributed by atoms with Crippen LogP contribution in [0.5, 0.6) is 0 Å². The third-order valence-corrected chi connectivity index (χ3v) is 9.27. The number of rotatable bonds is 8. The molecule has 2 aromatic carbocycles. The van der Waals surface area contributed by atoms with E-state index in [0.29, 0.717) is 5.56 Å². The summed E-state index contributed by atoms with van der Waals surface area (Å²) in [5.74, 6) is 0. The fraction of sp³-hybridized carbons (Fsp3) is 0.263. The van der Waals surface area contributed by atoms with E-state index < -0.39 is 18.2 Å². The van der Waals surface area contributed by atoms with E-state index in [1.54, 1.807) is 19.1 Å². The number of thiophene rings is 1. The minimum absolute atomic E-state index is 0.00434. The Kier molecular flexibility index (Phi) is 6.68. The van der Waals surface area contributed by atoms with Gasteiger partial charge in [-0.2, -0.15) is 0 Å². The highest BCUT2D eigenvalue weighted by Crippen LogP contribution is 2.64. The number of benzene rings is 2. The minimum Gasteiger partial charge on any atom is -0.311 e. The van der Waals surface area contributed by atoms with Crippen molar-refractivity contribution in [2.75, 3.05) is 13.7 Å². The molecule has 1 aromatic heterocycles. The number of hydrogen-bond donors (Lipinski definition) is 0. The fourth-order valence-corrected chi connectivity index (χ4v) is 7.62. The van der Waals surface area contributed by atoms with Crippen molar-refractivity contribution >= 4 is 50.6 Å². The molecule has 9 heteroatoms. The van der Waals surface area contributed by atoms with E-state index >= 15 is 0 Å². The van der Waals surface area contributed by atoms with Gasteiger partial charge in [0.05, 0.1) is 11.5 Å². The molecule has 1 heterocycles. The van der Waals surface area contributed by atoms with E-state index in [9.17, 15) is 14.7 Å². The number of fused-ring (bicyclic) bond motifs is 1. The molecule has 2 unspecified atom stereocenters. The molecule has 0 aliphatic carbocycles. The molecule has 0 fully saturated rings. The van der Waals surface area contributed by atoms with E-state index in [0.717, 1.165) is 19.4 Å². The van der Waals surface area contributed by atoms with Crippen molar-refractivity contribution in [1.82, 2.24) is 0 Å². The fourth-order valence-electron chi connectivity index (χ4n) is 3.07. The van der Waals surface area contributed by atoms with Gasteiger partial charge in [-0.15, -0.1) is 11.3 Å². The van der Waals surface area contributed by atoms with Crippen LogP contribution in [0.25, 0.3) is 10.1 Å². The lowest BCUT2D eigenvalue weighted by Gasteiger charge is -2.25. The van der Waals surface area contributed by atoms with Crippen molar-refractivity contribution in [3.63, 3.8) is 0 Å². The molecule has 0 aliphatic heterocycles. The first-order valence-corrected chi connectivity index (χ1v) is 11.8. The first kappa shape index (κ1) is 21.1. The predicted molar refractivity (Wildman–Crippen MR) is 115 cm³/mol. The lowest BCUT2D eigenvalue weighted by atomic mass is 10.1. The summed E-state index contributed by atoms with van der Waals surface area (Å²) in [7, 11) is -2.14. The van der Waals surface area contributed by atoms with Gasteiger partial charge in [0.2, 0.25) is 0 Å². The second-order valence-electron chi connectivity index (χ2n) is 6.06. The van der Waals surface area contributed by atoms with E-state index in [2.05, 4.69) is 15.9 Å². The number of non-ortho nitro benzene ring substituents is 1. The molecule has 0 bridgehead atoms. The third kappa shape index (κ3) is 4.21. The Bertz CT molecular complexity index is 1050. The smallest absolute Gasteiger partial charge is 0.311 e. The van der Waals surface area contributed by atoms with Gasteiger partial charge in [0.25, 0.3) is 5.69 Å². The van der Waals surface area contributed by atoms with Gasteiger partial charge in [-0.3, -0.25) is 14.7 Å². The Morgan fingerprint density at radius 1 is 1.25 bits per heavy atom. The van der Waals surface area contributed by atoms with Crippen LogP contribution in [0.4, 0.5) is 5.69 Å². The van der Waals surface area contributed by atoms with Crippen LogP contribution in [0, 0.1) is 10.1 Å². The van der Waals surface area contributed by atoms with Crippen molar-refractivity contribution in [1.29, 1.82) is 0 Å². The summed E-state index contributed by atoms with van der Waals surface area (Å²) < 4.78 is 26.4. The van der Waals surface area contributed by atoms with Crippen LogP contribution >= 0.6 is 34.9 Å². The Morgan fingerprint density at radius 3 is 2.64 bits per heavy atom. The zero-order chi connectivity index (χ0) is 20.3. The van der Waals surface area contributed by atoms with Crippen molar-refractivity contribution in [3.05, 3.63) is 73.6 Å². The van der Waals surface area contributed by atoms with Gasteiger partial charge in [0.15, 0.2) is 0 Å². The molecule has 3 rings (SSSR count). The van der Waals surface area contributed by atoms with Gasteiger partial charge in [0.1, 0.15) is 5.66 Å². The molecule has 0 saturated carbocycles. The average Bonchev–Trinajstić information content (AvgIpc) is 3.03. The summed E-state index contributed by atoms with van der Waals surface area (Å²) >= 11 is 5.16. The molecule has 148 valence electrons. The quantitative estimate of drug-likeness (QED) is 0.201. The predicted octanol–water partition coefficient (Wildman–Crippen LogP) is 6.73. The molecule has 0 N–H and O–H groups in total. The second kappa shape index (κ2) is 8.84. The highest BCUT2D eigenvalue weighted by Gasteiger charge is 2.39. The maximum absolute atomic E-state index is 13.5. The third-order valence-electron chi connectivity index (χ3n) is 4.36. The summed E-state index contributed by atoms with van der Waals surface area (Å²) in [6, 6.07) is 14.2. The zero-order valence-electron chi connectivity index (χ0n) is 15.3. The molecule has 3 aromatic rings. The first-order chi connectivity index (χ1) is 13.4. The van der Waals surface area contributed by atoms with Gasteiger partial charge in [0, 0.05) is 38.7 Å². The molecule has 0 radical (unpaired) electrons. The molecule has 2 atom stereocenters. The second-order valence-corrected chi connectivity index (χ2v) is 10.3. The Balaban J connectivity index is 2.12. The number of halogens is 1. The lowest BCUT2D eigenvalue weighted by Crippen LogP contribution is -2.08. The highest BCUT2D eigenvalue weighted by atomic mass is 79.9. The van der Waals surface area contributed by atoms with Crippen LogP contribution < -0.4 is 0 Å². The van der Waals surface area contributed by atoms with Gasteiger partial charge >= 0.3 is 7.60 Å². The van der Waals surface area contributed by atoms with Crippen molar-refractivity contribution in [2.45, 2.75) is 19.0 Å². The maximum Gasteiger partial charge on any atom is 0.339 e. The number of nitrogens with zero attached hydrogens (tertiary/aromatic N) is 1. The van der Waals surface area contributed by atoms with E-state index in [1.165, 1.54) is 30.6 Å². The van der Waals surface area contributed by atoms with Crippen LogP contribution in [0.2, 0.25) is 0 Å². The van der Waals surface area contributed by atoms with Gasteiger partial charge in [-0.25, -0.2) is 0 Å². The maximum atomic E-state index is 13.5. The van der Waals surface area contributed by atoms with Crippen LogP contribution in [-0.2, 0) is 20.0 Å². The Hall–Kier alpha value is -1.57. The van der Waals surface area contributed by atoms with Gasteiger partial charge in [-0.05, 0) is 40.9 Å². The molecule has 6 nitrogen and oxygen atoms in total. The Morgan fingerprint density at radius 2 is 2.00 bits per heavy atom. The van der Waals surface area contributed by atoms with Crippen LogP contribution in [0.3, 0.4) is 0 Å². The number of nitro groups is 1. The SMILES string of the molecule is CCOP(=O)(OC)C(Cc1cccc([N+](=O)[O-])c1)c1sc2ccccc2c1Br. The molecule has 0 amide bonds. The average molecular weight is 484 g/mol. The minimum atomic E-state index is -3.51. The number of nitro benzene ring substituents is 1. The van der Waals surface area contributed by atoms with Gasteiger partial charge < -0.3 is 9.05 Å². The summed E-state index contributed by atoms with van der Waals surface area (Å²) in [4.78, 5) is 11.5. The molecule has 0 spiro atoms. The molecular weight excluding hydrogens is 465 g/mol. The summed E-state index contributed by atoms with van der Waals surface area (Å²) in [5, 5.41) is 12.2. The monoisotopic (exact) mass is 483 g/mol. The van der Waals surface area contributed by atoms with Crippen molar-refractivity contribution in [3.8, 4) is 0 Å².